The topological polar surface area (TPSA) is 116 Å². The van der Waals surface area contributed by atoms with Crippen molar-refractivity contribution in [2.24, 2.45) is 5.73 Å². The van der Waals surface area contributed by atoms with E-state index in [9.17, 15) is 14.4 Å². The Hall–Kier alpha value is -1.93. The Bertz CT molecular complexity index is 470. The number of allylic oxidation sites excluding steroid dienone is 1. The average molecular weight is 370 g/mol. The molecular formula is C18H34N4O4. The number of amides is 3. The average Bonchev–Trinajstić information content (AvgIpc) is 2.63. The zero-order valence-corrected chi connectivity index (χ0v) is 16.3. The minimum atomic E-state index is -0.650. The number of hydroxylamine groups is 1. The van der Waals surface area contributed by atoms with Gasteiger partial charge in [-0.25, -0.2) is 5.48 Å². The van der Waals surface area contributed by atoms with E-state index >= 15 is 0 Å². The molecule has 0 aliphatic carbocycles. The monoisotopic (exact) mass is 370 g/mol. The standard InChI is InChI=1S/C16H27N3O4.C2H7N/c1-13(2)8-11-19(12-14(20)17-23)16(22)7-6-15(21)18-9-4-3-5-10-18;1-2-3/h8,23H,3-7,9-12H2,1-2H3,(H,17,20);2-3H2,1H3. The Morgan fingerprint density at radius 2 is 1.73 bits per heavy atom. The third-order valence-electron chi connectivity index (χ3n) is 3.79. The third-order valence-corrected chi connectivity index (χ3v) is 3.79. The van der Waals surface area contributed by atoms with Crippen LogP contribution in [-0.4, -0.2) is 65.5 Å². The highest BCUT2D eigenvalue weighted by atomic mass is 16.5. The Kier molecular flexibility index (Phi) is 13.2. The number of piperidine rings is 1. The fraction of sp³-hybridized carbons (Fsp3) is 0.722. The van der Waals surface area contributed by atoms with Crippen LogP contribution in [0.1, 0.15) is 52.9 Å². The largest absolute Gasteiger partial charge is 0.343 e. The van der Waals surface area contributed by atoms with Crippen molar-refractivity contribution < 1.29 is 19.6 Å². The SMILES string of the molecule is CC(C)=CCN(CC(=O)NO)C(=O)CCC(=O)N1CCCCC1.CCN. The Balaban J connectivity index is 0.00000194. The number of hydrogen-bond donors (Lipinski definition) is 3. The van der Waals surface area contributed by atoms with Gasteiger partial charge in [0, 0.05) is 32.5 Å². The van der Waals surface area contributed by atoms with E-state index in [4.69, 9.17) is 10.9 Å². The van der Waals surface area contributed by atoms with E-state index in [-0.39, 0.29) is 37.7 Å². The van der Waals surface area contributed by atoms with Gasteiger partial charge in [-0.3, -0.25) is 19.6 Å². The van der Waals surface area contributed by atoms with Crippen LogP contribution >= 0.6 is 0 Å². The summed E-state index contributed by atoms with van der Waals surface area (Å²) in [5.74, 6) is -0.925. The summed E-state index contributed by atoms with van der Waals surface area (Å²) in [4.78, 5) is 38.8. The van der Waals surface area contributed by atoms with Crippen LogP contribution in [0.3, 0.4) is 0 Å². The van der Waals surface area contributed by atoms with Crippen molar-refractivity contribution in [1.29, 1.82) is 0 Å². The first-order valence-corrected chi connectivity index (χ1v) is 9.17. The van der Waals surface area contributed by atoms with Gasteiger partial charge in [0.1, 0.15) is 6.54 Å². The van der Waals surface area contributed by atoms with Gasteiger partial charge >= 0.3 is 0 Å². The lowest BCUT2D eigenvalue weighted by Gasteiger charge is -2.27. The summed E-state index contributed by atoms with van der Waals surface area (Å²) in [5, 5.41) is 8.62. The van der Waals surface area contributed by atoms with Crippen LogP contribution in [0.5, 0.6) is 0 Å². The molecule has 150 valence electrons. The fourth-order valence-corrected chi connectivity index (χ4v) is 2.43. The predicted molar refractivity (Wildman–Crippen MR) is 100 cm³/mol. The first kappa shape index (κ1) is 24.1. The highest BCUT2D eigenvalue weighted by molar-refractivity contribution is 5.87. The Labute approximate surface area is 156 Å². The highest BCUT2D eigenvalue weighted by Crippen LogP contribution is 2.11. The molecule has 0 spiro atoms. The van der Waals surface area contributed by atoms with Gasteiger partial charge in [-0.05, 0) is 39.7 Å². The summed E-state index contributed by atoms with van der Waals surface area (Å²) < 4.78 is 0. The highest BCUT2D eigenvalue weighted by Gasteiger charge is 2.20. The molecule has 0 aromatic rings. The third kappa shape index (κ3) is 10.8. The molecule has 8 nitrogen and oxygen atoms in total. The van der Waals surface area contributed by atoms with Gasteiger partial charge < -0.3 is 15.5 Å². The van der Waals surface area contributed by atoms with Gasteiger partial charge in [-0.2, -0.15) is 0 Å². The summed E-state index contributed by atoms with van der Waals surface area (Å²) in [6.07, 6.45) is 5.24. The molecule has 0 unspecified atom stereocenters. The minimum absolute atomic E-state index is 0.00757. The number of likely N-dealkylation sites (tertiary alicyclic amines) is 1. The zero-order valence-electron chi connectivity index (χ0n) is 16.3. The lowest BCUT2D eigenvalue weighted by Crippen LogP contribution is -2.41. The predicted octanol–water partition coefficient (Wildman–Crippen LogP) is 1.04. The molecular weight excluding hydrogens is 336 g/mol. The number of carbonyl (C=O) groups is 3. The van der Waals surface area contributed by atoms with E-state index in [1.54, 1.807) is 4.90 Å². The van der Waals surface area contributed by atoms with Gasteiger partial charge in [-0.1, -0.05) is 18.6 Å². The van der Waals surface area contributed by atoms with Crippen LogP contribution in [0.2, 0.25) is 0 Å². The van der Waals surface area contributed by atoms with Crippen LogP contribution in [0.15, 0.2) is 11.6 Å². The van der Waals surface area contributed by atoms with E-state index in [1.807, 2.05) is 26.8 Å². The fourth-order valence-electron chi connectivity index (χ4n) is 2.43. The molecule has 1 aliphatic rings. The van der Waals surface area contributed by atoms with Gasteiger partial charge in [-0.15, -0.1) is 0 Å². The lowest BCUT2D eigenvalue weighted by atomic mass is 10.1. The lowest BCUT2D eigenvalue weighted by molar-refractivity contribution is -0.140. The van der Waals surface area contributed by atoms with Crippen molar-refractivity contribution in [3.8, 4) is 0 Å². The molecule has 0 aromatic heterocycles. The quantitative estimate of drug-likeness (QED) is 0.352. The molecule has 1 heterocycles. The van der Waals surface area contributed by atoms with Crippen LogP contribution in [0.25, 0.3) is 0 Å². The van der Waals surface area contributed by atoms with Crippen LogP contribution in [0, 0.1) is 0 Å². The molecule has 8 heteroatoms. The molecule has 4 N–H and O–H groups in total. The van der Waals surface area contributed by atoms with Crippen molar-refractivity contribution in [3.63, 3.8) is 0 Å². The molecule has 0 atom stereocenters. The summed E-state index contributed by atoms with van der Waals surface area (Å²) >= 11 is 0. The molecule has 0 radical (unpaired) electrons. The van der Waals surface area contributed by atoms with Crippen molar-refractivity contribution in [2.75, 3.05) is 32.7 Å². The van der Waals surface area contributed by atoms with Gasteiger partial charge in [0.15, 0.2) is 0 Å². The molecule has 1 aliphatic heterocycles. The van der Waals surface area contributed by atoms with E-state index in [0.717, 1.165) is 44.5 Å². The van der Waals surface area contributed by atoms with Gasteiger partial charge in [0.25, 0.3) is 5.91 Å². The second-order valence-electron chi connectivity index (χ2n) is 6.44. The van der Waals surface area contributed by atoms with E-state index < -0.39 is 5.91 Å². The van der Waals surface area contributed by atoms with Crippen LogP contribution in [-0.2, 0) is 14.4 Å². The molecule has 3 amide bonds. The maximum atomic E-state index is 12.3. The minimum Gasteiger partial charge on any atom is -0.343 e. The number of carbonyl (C=O) groups excluding carboxylic acids is 3. The maximum Gasteiger partial charge on any atom is 0.262 e. The number of nitrogens with zero attached hydrogens (tertiary/aromatic N) is 2. The summed E-state index contributed by atoms with van der Waals surface area (Å²) in [6, 6.07) is 0. The number of hydrogen-bond acceptors (Lipinski definition) is 5. The first-order valence-electron chi connectivity index (χ1n) is 9.17. The van der Waals surface area contributed by atoms with Gasteiger partial charge in [0.2, 0.25) is 11.8 Å². The first-order chi connectivity index (χ1) is 12.3. The Morgan fingerprint density at radius 3 is 2.23 bits per heavy atom. The maximum absolute atomic E-state index is 12.3. The normalized spacial score (nSPS) is 13.2. The molecule has 1 fully saturated rings. The molecule has 0 aromatic carbocycles. The van der Waals surface area contributed by atoms with Crippen molar-refractivity contribution in [3.05, 3.63) is 11.6 Å². The van der Waals surface area contributed by atoms with Gasteiger partial charge in [0.05, 0.1) is 0 Å². The smallest absolute Gasteiger partial charge is 0.262 e. The molecule has 1 rings (SSSR count). The molecule has 26 heavy (non-hydrogen) atoms. The van der Waals surface area contributed by atoms with Crippen molar-refractivity contribution in [2.45, 2.75) is 52.9 Å². The summed E-state index contributed by atoms with van der Waals surface area (Å²) in [5.41, 5.74) is 7.40. The van der Waals surface area contributed by atoms with Crippen molar-refractivity contribution in [1.82, 2.24) is 15.3 Å². The summed E-state index contributed by atoms with van der Waals surface area (Å²) in [6.45, 7) is 8.04. The summed E-state index contributed by atoms with van der Waals surface area (Å²) in [7, 11) is 0. The molecule has 1 saturated heterocycles. The Morgan fingerprint density at radius 1 is 1.15 bits per heavy atom. The number of rotatable bonds is 7. The van der Waals surface area contributed by atoms with Crippen LogP contribution in [0.4, 0.5) is 0 Å². The zero-order chi connectivity index (χ0) is 19.9. The number of nitrogens with two attached hydrogens (primary N) is 1. The second-order valence-corrected chi connectivity index (χ2v) is 6.44. The van der Waals surface area contributed by atoms with E-state index in [2.05, 4.69) is 0 Å². The second kappa shape index (κ2) is 14.3. The molecule has 0 saturated carbocycles. The van der Waals surface area contributed by atoms with E-state index in [0.29, 0.717) is 0 Å². The van der Waals surface area contributed by atoms with Crippen molar-refractivity contribution >= 4 is 17.7 Å². The van der Waals surface area contributed by atoms with Crippen LogP contribution < -0.4 is 11.2 Å². The molecule has 0 bridgehead atoms. The number of nitrogens with one attached hydrogen (secondary N) is 1. The van der Waals surface area contributed by atoms with E-state index in [1.165, 1.54) is 10.4 Å².